The van der Waals surface area contributed by atoms with Gasteiger partial charge in [0.1, 0.15) is 5.82 Å². The molecule has 0 saturated heterocycles. The maximum atomic E-state index is 12.8. The number of hydrogen-bond acceptors (Lipinski definition) is 1. The van der Waals surface area contributed by atoms with Gasteiger partial charge in [-0.3, -0.25) is 0 Å². The molecule has 22 heavy (non-hydrogen) atoms. The molecule has 2 N–H and O–H groups in total. The predicted molar refractivity (Wildman–Crippen MR) is 73.7 cm³/mol. The highest BCUT2D eigenvalue weighted by Gasteiger charge is 2.32. The number of hydrogen-bond donors (Lipinski definition) is 2. The molecule has 0 bridgehead atoms. The second-order valence-corrected chi connectivity index (χ2v) is 4.47. The highest BCUT2D eigenvalue weighted by Crippen LogP contribution is 2.31. The summed E-state index contributed by atoms with van der Waals surface area (Å²) in [6.07, 6.45) is -4.48. The van der Waals surface area contributed by atoms with Gasteiger partial charge in [0, 0.05) is 12.2 Å². The van der Waals surface area contributed by atoms with Crippen molar-refractivity contribution in [2.45, 2.75) is 12.7 Å². The zero-order valence-corrected chi connectivity index (χ0v) is 11.2. The molecule has 0 atom stereocenters. The van der Waals surface area contributed by atoms with Crippen LogP contribution in [0, 0.1) is 5.82 Å². The number of amides is 2. The van der Waals surface area contributed by atoms with Crippen molar-refractivity contribution in [3.8, 4) is 0 Å². The number of halogens is 4. The van der Waals surface area contributed by atoms with Crippen molar-refractivity contribution in [2.75, 3.05) is 5.32 Å². The lowest BCUT2D eigenvalue weighted by Crippen LogP contribution is -2.29. The summed E-state index contributed by atoms with van der Waals surface area (Å²) in [4.78, 5) is 11.6. The Morgan fingerprint density at radius 3 is 2.27 bits per heavy atom. The van der Waals surface area contributed by atoms with Crippen LogP contribution in [0.4, 0.5) is 28.0 Å². The maximum Gasteiger partial charge on any atom is 0.416 e. The fourth-order valence-electron chi connectivity index (χ4n) is 1.84. The molecule has 2 rings (SSSR count). The number of nitrogens with one attached hydrogen (secondary N) is 2. The molecule has 0 unspecified atom stereocenters. The molecule has 116 valence electrons. The molecule has 0 radical (unpaired) electrons. The number of anilines is 1. The fourth-order valence-corrected chi connectivity index (χ4v) is 1.84. The Balaban J connectivity index is 1.98. The average molecular weight is 312 g/mol. The molecule has 7 heteroatoms. The largest absolute Gasteiger partial charge is 0.416 e. The molecule has 0 aliphatic carbocycles. The minimum absolute atomic E-state index is 0.0377. The third-order valence-corrected chi connectivity index (χ3v) is 2.86. The van der Waals surface area contributed by atoms with Crippen molar-refractivity contribution < 1.29 is 22.4 Å². The lowest BCUT2D eigenvalue weighted by Gasteiger charge is -2.13. The first-order chi connectivity index (χ1) is 10.4. The average Bonchev–Trinajstić information content (AvgIpc) is 2.47. The summed E-state index contributed by atoms with van der Waals surface area (Å²) in [6, 6.07) is 9.33. The summed E-state index contributed by atoms with van der Waals surface area (Å²) < 4.78 is 51.1. The van der Waals surface area contributed by atoms with E-state index in [1.54, 1.807) is 0 Å². The number of rotatable bonds is 3. The second kappa shape index (κ2) is 6.46. The second-order valence-electron chi connectivity index (χ2n) is 4.47. The summed E-state index contributed by atoms with van der Waals surface area (Å²) in [5.74, 6) is -0.454. The van der Waals surface area contributed by atoms with Gasteiger partial charge in [0.15, 0.2) is 0 Å². The van der Waals surface area contributed by atoms with Crippen molar-refractivity contribution in [3.05, 3.63) is 65.5 Å². The van der Waals surface area contributed by atoms with Gasteiger partial charge < -0.3 is 10.6 Å². The molecule has 0 aliphatic rings. The van der Waals surface area contributed by atoms with Crippen LogP contribution in [0.25, 0.3) is 0 Å². The quantitative estimate of drug-likeness (QED) is 0.821. The molecular formula is C15H12F4N2O. The molecule has 3 nitrogen and oxygen atoms in total. The normalized spacial score (nSPS) is 11.1. The Bertz CT molecular complexity index is 653. The predicted octanol–water partition coefficient (Wildman–Crippen LogP) is 4.17. The van der Waals surface area contributed by atoms with E-state index in [2.05, 4.69) is 10.6 Å². The molecule has 0 fully saturated rings. The van der Waals surface area contributed by atoms with Crippen molar-refractivity contribution in [1.29, 1.82) is 0 Å². The Labute approximate surface area is 124 Å². The minimum Gasteiger partial charge on any atom is -0.334 e. The number of benzene rings is 2. The van der Waals surface area contributed by atoms with Crippen molar-refractivity contribution >= 4 is 11.7 Å². The summed E-state index contributed by atoms with van der Waals surface area (Å²) >= 11 is 0. The van der Waals surface area contributed by atoms with Gasteiger partial charge in [-0.25, -0.2) is 9.18 Å². The van der Waals surface area contributed by atoms with Crippen LogP contribution in [0.3, 0.4) is 0 Å². The van der Waals surface area contributed by atoms with Crippen molar-refractivity contribution in [2.24, 2.45) is 0 Å². The molecule has 0 saturated carbocycles. The zero-order valence-electron chi connectivity index (χ0n) is 11.2. The third kappa shape index (κ3) is 4.21. The monoisotopic (exact) mass is 312 g/mol. The van der Waals surface area contributed by atoms with E-state index in [1.807, 2.05) is 0 Å². The van der Waals surface area contributed by atoms with Crippen molar-refractivity contribution in [3.63, 3.8) is 0 Å². The van der Waals surface area contributed by atoms with Gasteiger partial charge in [-0.05, 0) is 35.9 Å². The summed E-state index contributed by atoms with van der Waals surface area (Å²) in [5, 5.41) is 4.73. The molecule has 0 spiro atoms. The van der Waals surface area contributed by atoms with E-state index >= 15 is 0 Å². The van der Waals surface area contributed by atoms with Gasteiger partial charge >= 0.3 is 12.2 Å². The van der Waals surface area contributed by atoms with Crippen LogP contribution in [-0.2, 0) is 12.7 Å². The van der Waals surface area contributed by atoms with E-state index in [0.29, 0.717) is 5.69 Å². The van der Waals surface area contributed by atoms with E-state index in [0.717, 1.165) is 18.2 Å². The Kier molecular flexibility index (Phi) is 4.65. The van der Waals surface area contributed by atoms with Gasteiger partial charge in [0.2, 0.25) is 0 Å². The summed E-state index contributed by atoms with van der Waals surface area (Å²) in [5.41, 5.74) is -0.496. The molecule has 2 aromatic rings. The van der Waals surface area contributed by atoms with Gasteiger partial charge in [-0.1, -0.05) is 18.2 Å². The summed E-state index contributed by atoms with van der Waals surface area (Å²) in [7, 11) is 0. The molecule has 2 amide bonds. The zero-order chi connectivity index (χ0) is 16.2. The molecule has 0 aromatic heterocycles. The first-order valence-corrected chi connectivity index (χ1v) is 6.32. The van der Waals surface area contributed by atoms with Crippen LogP contribution in [0.1, 0.15) is 11.1 Å². The standard InChI is InChI=1S/C15H12F4N2O/c16-11-5-7-12(8-6-11)21-14(22)20-9-10-3-1-2-4-13(10)15(17,18)19/h1-8H,9H2,(H2,20,21,22). The lowest BCUT2D eigenvalue weighted by atomic mass is 10.1. The van der Waals surface area contributed by atoms with Crippen LogP contribution in [0.5, 0.6) is 0 Å². The Morgan fingerprint density at radius 2 is 1.64 bits per heavy atom. The van der Waals surface area contributed by atoms with Crippen LogP contribution < -0.4 is 10.6 Å². The lowest BCUT2D eigenvalue weighted by molar-refractivity contribution is -0.138. The molecule has 0 heterocycles. The van der Waals surface area contributed by atoms with Gasteiger partial charge in [0.05, 0.1) is 5.56 Å². The van der Waals surface area contributed by atoms with E-state index in [9.17, 15) is 22.4 Å². The topological polar surface area (TPSA) is 41.1 Å². The SMILES string of the molecule is O=C(NCc1ccccc1C(F)(F)F)Nc1ccc(F)cc1. The van der Waals surface area contributed by atoms with E-state index in [-0.39, 0.29) is 12.1 Å². The van der Waals surface area contributed by atoms with Crippen LogP contribution in [0.15, 0.2) is 48.5 Å². The molecular weight excluding hydrogens is 300 g/mol. The van der Waals surface area contributed by atoms with Crippen LogP contribution in [0.2, 0.25) is 0 Å². The molecule has 0 aliphatic heterocycles. The number of carbonyl (C=O) groups is 1. The fraction of sp³-hybridized carbons (Fsp3) is 0.133. The maximum absolute atomic E-state index is 12.8. The van der Waals surface area contributed by atoms with Crippen LogP contribution in [-0.4, -0.2) is 6.03 Å². The Morgan fingerprint density at radius 1 is 1.00 bits per heavy atom. The minimum atomic E-state index is -4.48. The van der Waals surface area contributed by atoms with E-state index < -0.39 is 23.6 Å². The Hall–Kier alpha value is -2.57. The third-order valence-electron chi connectivity index (χ3n) is 2.86. The number of alkyl halides is 3. The van der Waals surface area contributed by atoms with Crippen molar-refractivity contribution in [1.82, 2.24) is 5.32 Å². The first-order valence-electron chi connectivity index (χ1n) is 6.32. The molecule has 2 aromatic carbocycles. The number of carbonyl (C=O) groups excluding carboxylic acids is 1. The van der Waals surface area contributed by atoms with Gasteiger partial charge in [0.25, 0.3) is 0 Å². The van der Waals surface area contributed by atoms with Gasteiger partial charge in [-0.2, -0.15) is 13.2 Å². The highest BCUT2D eigenvalue weighted by atomic mass is 19.4. The van der Waals surface area contributed by atoms with Crippen LogP contribution >= 0.6 is 0 Å². The van der Waals surface area contributed by atoms with E-state index in [1.165, 1.54) is 30.3 Å². The number of urea groups is 1. The first kappa shape index (κ1) is 15.8. The van der Waals surface area contributed by atoms with E-state index in [4.69, 9.17) is 0 Å². The smallest absolute Gasteiger partial charge is 0.334 e. The summed E-state index contributed by atoms with van der Waals surface area (Å²) in [6.45, 7) is -0.275. The highest BCUT2D eigenvalue weighted by molar-refractivity contribution is 5.89. The van der Waals surface area contributed by atoms with Gasteiger partial charge in [-0.15, -0.1) is 0 Å².